The Hall–Kier alpha value is -0.220. The number of aliphatic hydroxyl groups excluding tert-OH is 1. The Bertz CT molecular complexity index is 236. The topological polar surface area (TPSA) is 49.3 Å². The largest absolute Gasteiger partial charge is 0.396 e. The molecular weight excluding hydrogens is 246 g/mol. The van der Waals surface area contributed by atoms with Crippen molar-refractivity contribution in [3.05, 3.63) is 0 Å². The predicted molar refractivity (Wildman–Crippen MR) is 77.8 cm³/mol. The minimum absolute atomic E-state index is 0.151. The molecule has 3 nitrogen and oxygen atoms in total. The van der Waals surface area contributed by atoms with Gasteiger partial charge in [-0.05, 0) is 36.9 Å². The molecule has 2 N–H and O–H groups in total. The van der Waals surface area contributed by atoms with Gasteiger partial charge in [0.1, 0.15) is 0 Å². The van der Waals surface area contributed by atoms with E-state index in [1.165, 1.54) is 25.7 Å². The van der Waals surface area contributed by atoms with Crippen LogP contribution in [0.25, 0.3) is 0 Å². The van der Waals surface area contributed by atoms with Crippen molar-refractivity contribution in [1.29, 1.82) is 0 Å². The van der Waals surface area contributed by atoms with Gasteiger partial charge in [0.2, 0.25) is 5.91 Å². The van der Waals surface area contributed by atoms with E-state index in [9.17, 15) is 9.90 Å². The van der Waals surface area contributed by atoms with Crippen molar-refractivity contribution >= 4 is 17.7 Å². The maximum absolute atomic E-state index is 11.6. The summed E-state index contributed by atoms with van der Waals surface area (Å²) in [5.41, 5.74) is 0. The van der Waals surface area contributed by atoms with Crippen LogP contribution >= 0.6 is 11.8 Å². The lowest BCUT2D eigenvalue weighted by Gasteiger charge is -2.30. The van der Waals surface area contributed by atoms with E-state index < -0.39 is 0 Å². The highest BCUT2D eigenvalue weighted by atomic mass is 32.2. The summed E-state index contributed by atoms with van der Waals surface area (Å²) < 4.78 is 0. The number of rotatable bonds is 8. The minimum atomic E-state index is 0.151. The molecule has 2 unspecified atom stereocenters. The van der Waals surface area contributed by atoms with Crippen LogP contribution in [0.5, 0.6) is 0 Å². The third kappa shape index (κ3) is 6.10. The summed E-state index contributed by atoms with van der Waals surface area (Å²) in [5, 5.41) is 12.3. The van der Waals surface area contributed by atoms with Gasteiger partial charge >= 0.3 is 0 Å². The van der Waals surface area contributed by atoms with Crippen LogP contribution in [-0.2, 0) is 4.79 Å². The Morgan fingerprint density at radius 2 is 2.06 bits per heavy atom. The van der Waals surface area contributed by atoms with E-state index >= 15 is 0 Å². The van der Waals surface area contributed by atoms with E-state index in [4.69, 9.17) is 0 Å². The minimum Gasteiger partial charge on any atom is -0.396 e. The maximum Gasteiger partial charge on any atom is 0.230 e. The van der Waals surface area contributed by atoms with Gasteiger partial charge in [-0.3, -0.25) is 4.79 Å². The first-order chi connectivity index (χ1) is 8.77. The first-order valence-electron chi connectivity index (χ1n) is 7.23. The molecule has 106 valence electrons. The zero-order chi connectivity index (χ0) is 13.2. The Balaban J connectivity index is 2.12. The van der Waals surface area contributed by atoms with Crippen molar-refractivity contribution < 1.29 is 9.90 Å². The summed E-state index contributed by atoms with van der Waals surface area (Å²) in [6, 6.07) is 0. The molecule has 0 aromatic carbocycles. The summed E-state index contributed by atoms with van der Waals surface area (Å²) in [4.78, 5) is 11.6. The van der Waals surface area contributed by atoms with Crippen LogP contribution < -0.4 is 5.32 Å². The highest BCUT2D eigenvalue weighted by Gasteiger charge is 2.24. The Morgan fingerprint density at radius 3 is 2.72 bits per heavy atom. The number of thioether (sulfide) groups is 1. The van der Waals surface area contributed by atoms with Crippen molar-refractivity contribution in [3.63, 3.8) is 0 Å². The number of unbranched alkanes of at least 4 members (excludes halogenated alkanes) is 1. The van der Waals surface area contributed by atoms with Gasteiger partial charge in [0.15, 0.2) is 0 Å². The molecule has 0 saturated heterocycles. The molecule has 0 bridgehead atoms. The van der Waals surface area contributed by atoms with Gasteiger partial charge in [0.05, 0.1) is 5.75 Å². The van der Waals surface area contributed by atoms with E-state index in [1.807, 2.05) is 0 Å². The first-order valence-corrected chi connectivity index (χ1v) is 8.38. The van der Waals surface area contributed by atoms with Crippen LogP contribution in [0.4, 0.5) is 0 Å². The summed E-state index contributed by atoms with van der Waals surface area (Å²) >= 11 is 1.72. The van der Waals surface area contributed by atoms with Gasteiger partial charge in [-0.2, -0.15) is 11.8 Å². The number of hydrogen-bond donors (Lipinski definition) is 2. The summed E-state index contributed by atoms with van der Waals surface area (Å²) in [6.07, 6.45) is 7.10. The highest BCUT2D eigenvalue weighted by molar-refractivity contribution is 7.99. The Morgan fingerprint density at radius 1 is 1.33 bits per heavy atom. The molecular formula is C14H27NO2S. The van der Waals surface area contributed by atoms with Crippen LogP contribution in [0.2, 0.25) is 0 Å². The van der Waals surface area contributed by atoms with Crippen molar-refractivity contribution in [2.45, 2.75) is 45.4 Å². The first kappa shape index (κ1) is 15.8. The van der Waals surface area contributed by atoms with E-state index in [2.05, 4.69) is 12.2 Å². The average molecular weight is 273 g/mol. The second-order valence-corrected chi connectivity index (χ2v) is 6.30. The Kier molecular flexibility index (Phi) is 8.51. The number of nitrogens with one attached hydrogen (secondary N) is 1. The molecule has 0 aromatic heterocycles. The van der Waals surface area contributed by atoms with E-state index in [-0.39, 0.29) is 12.5 Å². The molecule has 2 atom stereocenters. The summed E-state index contributed by atoms with van der Waals surface area (Å²) in [6.45, 7) is 3.18. The molecule has 0 radical (unpaired) electrons. The number of amides is 1. The molecule has 1 fully saturated rings. The fourth-order valence-electron chi connectivity index (χ4n) is 2.50. The van der Waals surface area contributed by atoms with Crippen LogP contribution in [0, 0.1) is 11.8 Å². The molecule has 4 heteroatoms. The quantitative estimate of drug-likeness (QED) is 0.668. The smallest absolute Gasteiger partial charge is 0.230 e. The number of carbonyl (C=O) groups excluding carboxylic acids is 1. The van der Waals surface area contributed by atoms with E-state index in [0.29, 0.717) is 17.6 Å². The highest BCUT2D eigenvalue weighted by Crippen LogP contribution is 2.29. The van der Waals surface area contributed by atoms with Gasteiger partial charge in [0, 0.05) is 13.2 Å². The lowest BCUT2D eigenvalue weighted by molar-refractivity contribution is -0.118. The predicted octanol–water partition coefficient (Wildman–Crippen LogP) is 2.43. The van der Waals surface area contributed by atoms with Gasteiger partial charge < -0.3 is 10.4 Å². The van der Waals surface area contributed by atoms with E-state index in [1.54, 1.807) is 11.8 Å². The second kappa shape index (κ2) is 9.68. The molecule has 1 saturated carbocycles. The lowest BCUT2D eigenvalue weighted by atomic mass is 9.79. The lowest BCUT2D eigenvalue weighted by Crippen LogP contribution is -2.36. The third-order valence-electron chi connectivity index (χ3n) is 3.74. The average Bonchev–Trinajstić information content (AvgIpc) is 2.41. The molecule has 18 heavy (non-hydrogen) atoms. The molecule has 1 rings (SSSR count). The van der Waals surface area contributed by atoms with Crippen molar-refractivity contribution in [2.75, 3.05) is 24.7 Å². The number of hydrogen-bond acceptors (Lipinski definition) is 3. The van der Waals surface area contributed by atoms with Gasteiger partial charge in [-0.25, -0.2) is 0 Å². The van der Waals surface area contributed by atoms with Gasteiger partial charge in [0.25, 0.3) is 0 Å². The zero-order valence-electron chi connectivity index (χ0n) is 11.5. The fraction of sp³-hybridized carbons (Fsp3) is 0.929. The zero-order valence-corrected chi connectivity index (χ0v) is 12.3. The molecule has 0 aromatic rings. The summed E-state index contributed by atoms with van der Waals surface area (Å²) in [7, 11) is 0. The monoisotopic (exact) mass is 273 g/mol. The molecule has 0 aliphatic heterocycles. The molecule has 1 amide bonds. The second-order valence-electron chi connectivity index (χ2n) is 5.20. The Labute approximate surface area is 115 Å². The third-order valence-corrected chi connectivity index (χ3v) is 4.78. The van der Waals surface area contributed by atoms with Crippen LogP contribution in [0.15, 0.2) is 0 Å². The standard InChI is InChI=1S/C14H27NO2S/c1-2-3-8-18-11-14(17)15-9-12-6-4-5-7-13(12)10-16/h12-13,16H,2-11H2,1H3,(H,15,17). The molecule has 1 aliphatic carbocycles. The van der Waals surface area contributed by atoms with Gasteiger partial charge in [-0.1, -0.05) is 26.2 Å². The maximum atomic E-state index is 11.6. The fourth-order valence-corrected chi connectivity index (χ4v) is 3.43. The van der Waals surface area contributed by atoms with Crippen molar-refractivity contribution in [3.8, 4) is 0 Å². The number of carbonyl (C=O) groups is 1. The van der Waals surface area contributed by atoms with Crippen molar-refractivity contribution in [1.82, 2.24) is 5.32 Å². The normalized spacial score (nSPS) is 23.9. The number of aliphatic hydroxyl groups is 1. The molecule has 0 heterocycles. The SMILES string of the molecule is CCCCSCC(=O)NCC1CCCCC1CO. The van der Waals surface area contributed by atoms with E-state index in [0.717, 1.165) is 25.1 Å². The van der Waals surface area contributed by atoms with Crippen LogP contribution in [0.1, 0.15) is 45.4 Å². The molecule has 0 spiro atoms. The van der Waals surface area contributed by atoms with Crippen LogP contribution in [0.3, 0.4) is 0 Å². The summed E-state index contributed by atoms with van der Waals surface area (Å²) in [5.74, 6) is 2.68. The molecule has 1 aliphatic rings. The van der Waals surface area contributed by atoms with Crippen LogP contribution in [-0.4, -0.2) is 35.7 Å². The van der Waals surface area contributed by atoms with Gasteiger partial charge in [-0.15, -0.1) is 0 Å². The van der Waals surface area contributed by atoms with Crippen molar-refractivity contribution in [2.24, 2.45) is 11.8 Å².